The van der Waals surface area contributed by atoms with Crippen molar-refractivity contribution in [1.29, 1.82) is 0 Å². The fourth-order valence-electron chi connectivity index (χ4n) is 3.24. The second-order valence-corrected chi connectivity index (χ2v) is 7.73. The van der Waals surface area contributed by atoms with Crippen molar-refractivity contribution in [2.75, 3.05) is 0 Å². The van der Waals surface area contributed by atoms with Gasteiger partial charge in [0.25, 0.3) is 5.91 Å². The predicted molar refractivity (Wildman–Crippen MR) is 86.0 cm³/mol. The molecule has 0 saturated carbocycles. The molecule has 1 saturated heterocycles. The number of nitrogens with zero attached hydrogens (tertiary/aromatic N) is 1. The van der Waals surface area contributed by atoms with Gasteiger partial charge in [0.15, 0.2) is 0 Å². The highest BCUT2D eigenvalue weighted by Crippen LogP contribution is 2.28. The van der Waals surface area contributed by atoms with Crippen LogP contribution in [0.15, 0.2) is 12.3 Å². The summed E-state index contributed by atoms with van der Waals surface area (Å²) in [6.45, 7) is 8.59. The van der Waals surface area contributed by atoms with Crippen molar-refractivity contribution in [3.8, 4) is 0 Å². The first-order valence-electron chi connectivity index (χ1n) is 6.99. The summed E-state index contributed by atoms with van der Waals surface area (Å²) >= 11 is 11.7. The third-order valence-electron chi connectivity index (χ3n) is 3.58. The van der Waals surface area contributed by atoms with Gasteiger partial charge in [0, 0.05) is 23.3 Å². The number of rotatable bonds is 2. The summed E-state index contributed by atoms with van der Waals surface area (Å²) in [7, 11) is 0. The van der Waals surface area contributed by atoms with Gasteiger partial charge in [-0.2, -0.15) is 0 Å². The topological polar surface area (TPSA) is 54.0 Å². The molecule has 1 amide bonds. The molecule has 0 bridgehead atoms. The van der Waals surface area contributed by atoms with E-state index in [2.05, 4.69) is 43.3 Å². The van der Waals surface area contributed by atoms with Gasteiger partial charge in [-0.1, -0.05) is 23.2 Å². The van der Waals surface area contributed by atoms with Crippen LogP contribution in [0.5, 0.6) is 0 Å². The molecule has 1 aliphatic rings. The Balaban J connectivity index is 2.10. The number of carbonyl (C=O) groups excluding carboxylic acids is 1. The van der Waals surface area contributed by atoms with Crippen LogP contribution in [0.2, 0.25) is 10.2 Å². The van der Waals surface area contributed by atoms with Crippen molar-refractivity contribution in [1.82, 2.24) is 15.6 Å². The van der Waals surface area contributed by atoms with Crippen LogP contribution in [0.4, 0.5) is 0 Å². The summed E-state index contributed by atoms with van der Waals surface area (Å²) in [5.41, 5.74) is 0.393. The fourth-order valence-corrected chi connectivity index (χ4v) is 3.51. The van der Waals surface area contributed by atoms with E-state index >= 15 is 0 Å². The molecule has 116 valence electrons. The lowest BCUT2D eigenvalue weighted by Crippen LogP contribution is -2.62. The summed E-state index contributed by atoms with van der Waals surface area (Å²) in [4.78, 5) is 16.2. The first-order valence-corrected chi connectivity index (χ1v) is 7.75. The molecule has 0 atom stereocenters. The molecule has 2 rings (SSSR count). The van der Waals surface area contributed by atoms with Gasteiger partial charge in [0.1, 0.15) is 5.15 Å². The number of amides is 1. The molecule has 1 fully saturated rings. The number of hydrogen-bond donors (Lipinski definition) is 2. The van der Waals surface area contributed by atoms with E-state index in [4.69, 9.17) is 23.2 Å². The van der Waals surface area contributed by atoms with E-state index in [-0.39, 0.29) is 33.2 Å². The molecule has 0 unspecified atom stereocenters. The third-order valence-corrected chi connectivity index (χ3v) is 4.27. The highest BCUT2D eigenvalue weighted by atomic mass is 35.5. The fraction of sp³-hybridized carbons (Fsp3) is 0.600. The highest BCUT2D eigenvalue weighted by Gasteiger charge is 2.38. The van der Waals surface area contributed by atoms with E-state index in [0.29, 0.717) is 5.56 Å². The summed E-state index contributed by atoms with van der Waals surface area (Å²) in [5, 5.41) is 7.15. The van der Waals surface area contributed by atoms with Crippen molar-refractivity contribution in [2.24, 2.45) is 0 Å². The van der Waals surface area contributed by atoms with Gasteiger partial charge in [-0.15, -0.1) is 0 Å². The average Bonchev–Trinajstić information content (AvgIpc) is 2.28. The predicted octanol–water partition coefficient (Wildman–Crippen LogP) is 3.43. The molecule has 0 aliphatic carbocycles. The van der Waals surface area contributed by atoms with Crippen LogP contribution in [0, 0.1) is 0 Å². The maximum Gasteiger partial charge on any atom is 0.253 e. The standard InChI is InChI=1S/C15H21Cl2N3O/c1-14(2)6-10(7-15(3,4)20-14)19-13(21)9-5-11(16)12(17)18-8-9/h5,8,10,20H,6-7H2,1-4H3,(H,19,21). The molecule has 0 spiro atoms. The Morgan fingerprint density at radius 3 is 2.38 bits per heavy atom. The van der Waals surface area contributed by atoms with Crippen LogP contribution >= 0.6 is 23.2 Å². The minimum Gasteiger partial charge on any atom is -0.349 e. The van der Waals surface area contributed by atoms with Crippen LogP contribution in [-0.4, -0.2) is 28.0 Å². The molecule has 1 aromatic rings. The second-order valence-electron chi connectivity index (χ2n) is 6.97. The van der Waals surface area contributed by atoms with Crippen LogP contribution in [-0.2, 0) is 0 Å². The van der Waals surface area contributed by atoms with Crippen LogP contribution < -0.4 is 10.6 Å². The number of pyridine rings is 1. The smallest absolute Gasteiger partial charge is 0.253 e. The first-order chi connectivity index (χ1) is 9.58. The monoisotopic (exact) mass is 329 g/mol. The molecule has 21 heavy (non-hydrogen) atoms. The average molecular weight is 330 g/mol. The van der Waals surface area contributed by atoms with Gasteiger partial charge in [-0.3, -0.25) is 4.79 Å². The largest absolute Gasteiger partial charge is 0.349 e. The van der Waals surface area contributed by atoms with Gasteiger partial charge in [0.05, 0.1) is 10.6 Å². The van der Waals surface area contributed by atoms with Crippen molar-refractivity contribution < 1.29 is 4.79 Å². The Hall–Kier alpha value is -0.840. The molecule has 6 heteroatoms. The molecule has 1 aliphatic heterocycles. The number of halogens is 2. The Kier molecular flexibility index (Phi) is 4.52. The summed E-state index contributed by atoms with van der Waals surface area (Å²) < 4.78 is 0. The Morgan fingerprint density at radius 2 is 1.86 bits per heavy atom. The first kappa shape index (κ1) is 16.5. The maximum atomic E-state index is 12.3. The van der Waals surface area contributed by atoms with Gasteiger partial charge >= 0.3 is 0 Å². The number of piperidine rings is 1. The zero-order chi connectivity index (χ0) is 15.8. The Labute approximate surface area is 135 Å². The molecular weight excluding hydrogens is 309 g/mol. The number of hydrogen-bond acceptors (Lipinski definition) is 3. The van der Waals surface area contributed by atoms with E-state index in [1.165, 1.54) is 6.20 Å². The van der Waals surface area contributed by atoms with Crippen molar-refractivity contribution in [3.05, 3.63) is 28.0 Å². The highest BCUT2D eigenvalue weighted by molar-refractivity contribution is 6.41. The summed E-state index contributed by atoms with van der Waals surface area (Å²) in [5.74, 6) is -0.167. The summed E-state index contributed by atoms with van der Waals surface area (Å²) in [6, 6.07) is 1.65. The van der Waals surface area contributed by atoms with Crippen molar-refractivity contribution in [2.45, 2.75) is 57.7 Å². The van der Waals surface area contributed by atoms with Crippen LogP contribution in [0.1, 0.15) is 50.9 Å². The van der Waals surface area contributed by atoms with E-state index in [0.717, 1.165) is 12.8 Å². The third kappa shape index (κ3) is 4.31. The molecule has 2 heterocycles. The van der Waals surface area contributed by atoms with E-state index in [1.54, 1.807) is 6.07 Å². The minimum absolute atomic E-state index is 0.0183. The minimum atomic E-state index is -0.167. The van der Waals surface area contributed by atoms with Crippen LogP contribution in [0.25, 0.3) is 0 Å². The van der Waals surface area contributed by atoms with Crippen molar-refractivity contribution >= 4 is 29.1 Å². The zero-order valence-corrected chi connectivity index (χ0v) is 14.3. The molecule has 2 N–H and O–H groups in total. The molecular formula is C15H21Cl2N3O. The summed E-state index contributed by atoms with van der Waals surface area (Å²) in [6.07, 6.45) is 3.19. The second kappa shape index (κ2) is 5.75. The van der Waals surface area contributed by atoms with Crippen molar-refractivity contribution in [3.63, 3.8) is 0 Å². The number of carbonyl (C=O) groups is 1. The zero-order valence-electron chi connectivity index (χ0n) is 12.8. The van der Waals surface area contributed by atoms with Crippen LogP contribution in [0.3, 0.4) is 0 Å². The van der Waals surface area contributed by atoms with E-state index in [1.807, 2.05) is 0 Å². The lowest BCUT2D eigenvalue weighted by atomic mass is 9.79. The van der Waals surface area contributed by atoms with Gasteiger partial charge in [-0.25, -0.2) is 4.98 Å². The lowest BCUT2D eigenvalue weighted by Gasteiger charge is -2.46. The number of aromatic nitrogens is 1. The molecule has 0 aromatic carbocycles. The van der Waals surface area contributed by atoms with Gasteiger partial charge in [-0.05, 0) is 46.6 Å². The molecule has 4 nitrogen and oxygen atoms in total. The SMILES string of the molecule is CC1(C)CC(NC(=O)c2cnc(Cl)c(Cl)c2)CC(C)(C)N1. The Bertz CT molecular complexity index is 542. The van der Waals surface area contributed by atoms with E-state index < -0.39 is 0 Å². The molecule has 0 radical (unpaired) electrons. The van der Waals surface area contributed by atoms with Gasteiger partial charge in [0.2, 0.25) is 0 Å². The maximum absolute atomic E-state index is 12.3. The van der Waals surface area contributed by atoms with E-state index in [9.17, 15) is 4.79 Å². The Morgan fingerprint density at radius 1 is 1.29 bits per heavy atom. The number of nitrogens with one attached hydrogen (secondary N) is 2. The molecule has 1 aromatic heterocycles. The van der Waals surface area contributed by atoms with Gasteiger partial charge < -0.3 is 10.6 Å². The normalized spacial score (nSPS) is 21.0. The quantitative estimate of drug-likeness (QED) is 0.817. The lowest BCUT2D eigenvalue weighted by molar-refractivity contribution is 0.0873.